The average molecular weight is 328 g/mol. The fraction of sp³-hybridized carbons (Fsp3) is 0.692. The Kier molecular flexibility index (Phi) is 3.62. The van der Waals surface area contributed by atoms with Crippen LogP contribution in [0, 0.1) is 5.92 Å². The van der Waals surface area contributed by atoms with Crippen LogP contribution in [0.15, 0.2) is 15.5 Å². The maximum Gasteiger partial charge on any atom is 0.282 e. The normalized spacial score (nSPS) is 30.1. The standard InChI is InChI=1S/C13H18BrN3O2/c1-17-13(18)12(14)10(7-15-17)16-9-3-2-4-11-8(9)5-6-19-11/h7-9,11,16H,2-6H2,1H3/t8-,9+,11+/m0/s1. The van der Waals surface area contributed by atoms with E-state index in [1.807, 2.05) is 0 Å². The van der Waals surface area contributed by atoms with Gasteiger partial charge in [-0.3, -0.25) is 4.79 Å². The molecule has 2 fully saturated rings. The lowest BCUT2D eigenvalue weighted by molar-refractivity contribution is 0.0620. The zero-order chi connectivity index (χ0) is 13.4. The lowest BCUT2D eigenvalue weighted by atomic mass is 9.82. The Morgan fingerprint density at radius 2 is 2.32 bits per heavy atom. The third kappa shape index (κ3) is 2.43. The number of nitrogens with one attached hydrogen (secondary N) is 1. The second kappa shape index (κ2) is 5.25. The van der Waals surface area contributed by atoms with E-state index < -0.39 is 0 Å². The number of hydrogen-bond donors (Lipinski definition) is 1. The van der Waals surface area contributed by atoms with Gasteiger partial charge in [-0.1, -0.05) is 0 Å². The van der Waals surface area contributed by atoms with Gasteiger partial charge in [0.15, 0.2) is 0 Å². The van der Waals surface area contributed by atoms with Gasteiger partial charge in [0.25, 0.3) is 5.56 Å². The lowest BCUT2D eigenvalue weighted by Crippen LogP contribution is -2.38. The summed E-state index contributed by atoms with van der Waals surface area (Å²) in [6.45, 7) is 0.865. The summed E-state index contributed by atoms with van der Waals surface area (Å²) in [5, 5.41) is 7.56. The van der Waals surface area contributed by atoms with E-state index in [-0.39, 0.29) is 5.56 Å². The van der Waals surface area contributed by atoms with Gasteiger partial charge >= 0.3 is 0 Å². The molecule has 0 aromatic carbocycles. The second-order valence-electron chi connectivity index (χ2n) is 5.34. The smallest absolute Gasteiger partial charge is 0.282 e. The molecule has 19 heavy (non-hydrogen) atoms. The van der Waals surface area contributed by atoms with E-state index in [9.17, 15) is 4.79 Å². The van der Waals surface area contributed by atoms with Crippen molar-refractivity contribution in [3.8, 4) is 0 Å². The minimum atomic E-state index is -0.111. The summed E-state index contributed by atoms with van der Waals surface area (Å²) >= 11 is 3.36. The van der Waals surface area contributed by atoms with Gasteiger partial charge in [-0.2, -0.15) is 5.10 Å². The molecule has 5 nitrogen and oxygen atoms in total. The molecule has 1 aliphatic heterocycles. The Labute approximate surface area is 120 Å². The summed E-state index contributed by atoms with van der Waals surface area (Å²) in [5.41, 5.74) is 0.681. The molecule has 0 radical (unpaired) electrons. The molecule has 2 aliphatic rings. The molecule has 1 N–H and O–H groups in total. The SMILES string of the molecule is Cn1ncc(N[C@@H]2CCC[C@H]3OCC[C@@H]23)c(Br)c1=O. The third-order valence-corrected chi connectivity index (χ3v) is 4.97. The van der Waals surface area contributed by atoms with Crippen LogP contribution < -0.4 is 10.9 Å². The molecule has 6 heteroatoms. The molecule has 1 aliphatic carbocycles. The van der Waals surface area contributed by atoms with Crippen LogP contribution in [0.1, 0.15) is 25.7 Å². The molecule has 1 aromatic heterocycles. The van der Waals surface area contributed by atoms with Crippen LogP contribution in [0.25, 0.3) is 0 Å². The number of ether oxygens (including phenoxy) is 1. The quantitative estimate of drug-likeness (QED) is 0.901. The van der Waals surface area contributed by atoms with Gasteiger partial charge in [0.1, 0.15) is 4.47 Å². The lowest BCUT2D eigenvalue weighted by Gasteiger charge is -2.34. The number of aromatic nitrogens is 2. The molecule has 104 valence electrons. The van der Waals surface area contributed by atoms with E-state index in [4.69, 9.17) is 4.74 Å². The Morgan fingerprint density at radius 3 is 3.16 bits per heavy atom. The highest BCUT2D eigenvalue weighted by Crippen LogP contribution is 2.36. The van der Waals surface area contributed by atoms with Gasteiger partial charge in [-0.15, -0.1) is 0 Å². The van der Waals surface area contributed by atoms with Crippen molar-refractivity contribution in [3.05, 3.63) is 21.0 Å². The molecular weight excluding hydrogens is 310 g/mol. The summed E-state index contributed by atoms with van der Waals surface area (Å²) in [4.78, 5) is 11.8. The van der Waals surface area contributed by atoms with E-state index in [2.05, 4.69) is 26.3 Å². The van der Waals surface area contributed by atoms with E-state index in [1.54, 1.807) is 13.2 Å². The first-order valence-corrected chi connectivity index (χ1v) is 7.56. The number of nitrogens with zero attached hydrogens (tertiary/aromatic N) is 2. The molecule has 1 saturated heterocycles. The third-order valence-electron chi connectivity index (χ3n) is 4.20. The van der Waals surface area contributed by atoms with Crippen LogP contribution in [0.5, 0.6) is 0 Å². The summed E-state index contributed by atoms with van der Waals surface area (Å²) in [5.74, 6) is 0.560. The highest BCUT2D eigenvalue weighted by Gasteiger charge is 2.37. The Morgan fingerprint density at radius 1 is 1.47 bits per heavy atom. The van der Waals surface area contributed by atoms with E-state index in [1.165, 1.54) is 17.5 Å². The number of anilines is 1. The second-order valence-corrected chi connectivity index (χ2v) is 6.14. The van der Waals surface area contributed by atoms with Crippen molar-refractivity contribution in [2.45, 2.75) is 37.8 Å². The van der Waals surface area contributed by atoms with Gasteiger partial charge in [0.05, 0.1) is 18.0 Å². The molecular formula is C13H18BrN3O2. The Bertz CT molecular complexity index is 531. The average Bonchev–Trinajstić information content (AvgIpc) is 2.89. The van der Waals surface area contributed by atoms with E-state index in [0.29, 0.717) is 22.5 Å². The Hall–Kier alpha value is -0.880. The van der Waals surface area contributed by atoms with Gasteiger partial charge in [-0.25, -0.2) is 4.68 Å². The molecule has 1 saturated carbocycles. The van der Waals surface area contributed by atoms with Crippen LogP contribution >= 0.6 is 15.9 Å². The predicted molar refractivity (Wildman–Crippen MR) is 76.3 cm³/mol. The topological polar surface area (TPSA) is 56.1 Å². The molecule has 3 atom stereocenters. The predicted octanol–water partition coefficient (Wildman–Crippen LogP) is 1.91. The Balaban J connectivity index is 1.81. The molecule has 0 spiro atoms. The molecule has 0 unspecified atom stereocenters. The first-order chi connectivity index (χ1) is 9.16. The van der Waals surface area contributed by atoms with Crippen molar-refractivity contribution in [2.24, 2.45) is 13.0 Å². The highest BCUT2D eigenvalue weighted by molar-refractivity contribution is 9.10. The van der Waals surface area contributed by atoms with Crippen molar-refractivity contribution < 1.29 is 4.74 Å². The zero-order valence-electron chi connectivity index (χ0n) is 10.9. The summed E-state index contributed by atoms with van der Waals surface area (Å²) in [7, 11) is 1.65. The fourth-order valence-corrected chi connectivity index (χ4v) is 3.64. The van der Waals surface area contributed by atoms with Crippen molar-refractivity contribution in [1.29, 1.82) is 0 Å². The van der Waals surface area contributed by atoms with Crippen LogP contribution in [0.4, 0.5) is 5.69 Å². The van der Waals surface area contributed by atoms with Gasteiger partial charge in [-0.05, 0) is 41.6 Å². The molecule has 1 aromatic rings. The summed E-state index contributed by atoms with van der Waals surface area (Å²) in [6, 6.07) is 0.381. The highest BCUT2D eigenvalue weighted by atomic mass is 79.9. The molecule has 2 heterocycles. The van der Waals surface area contributed by atoms with Crippen LogP contribution in [0.3, 0.4) is 0 Å². The van der Waals surface area contributed by atoms with Gasteiger partial charge in [0, 0.05) is 25.6 Å². The van der Waals surface area contributed by atoms with Gasteiger partial charge in [0.2, 0.25) is 0 Å². The summed E-state index contributed by atoms with van der Waals surface area (Å²) < 4.78 is 7.66. The minimum absolute atomic E-state index is 0.111. The van der Waals surface area contributed by atoms with E-state index in [0.717, 1.165) is 25.1 Å². The van der Waals surface area contributed by atoms with Crippen LogP contribution in [-0.4, -0.2) is 28.5 Å². The number of hydrogen-bond acceptors (Lipinski definition) is 4. The van der Waals surface area contributed by atoms with Crippen molar-refractivity contribution in [2.75, 3.05) is 11.9 Å². The molecule has 0 amide bonds. The first kappa shape index (κ1) is 13.1. The number of aryl methyl sites for hydroxylation is 1. The summed E-state index contributed by atoms with van der Waals surface area (Å²) in [6.07, 6.45) is 6.69. The molecule has 0 bridgehead atoms. The molecule has 3 rings (SSSR count). The fourth-order valence-electron chi connectivity index (χ4n) is 3.17. The van der Waals surface area contributed by atoms with Crippen LogP contribution in [0.2, 0.25) is 0 Å². The van der Waals surface area contributed by atoms with E-state index >= 15 is 0 Å². The minimum Gasteiger partial charge on any atom is -0.380 e. The van der Waals surface area contributed by atoms with Crippen molar-refractivity contribution >= 4 is 21.6 Å². The zero-order valence-corrected chi connectivity index (χ0v) is 12.5. The maximum atomic E-state index is 11.8. The number of rotatable bonds is 2. The van der Waals surface area contributed by atoms with Crippen molar-refractivity contribution in [1.82, 2.24) is 9.78 Å². The largest absolute Gasteiger partial charge is 0.380 e. The van der Waals surface area contributed by atoms with Gasteiger partial charge < -0.3 is 10.1 Å². The van der Waals surface area contributed by atoms with Crippen molar-refractivity contribution in [3.63, 3.8) is 0 Å². The maximum absolute atomic E-state index is 11.8. The van der Waals surface area contributed by atoms with Crippen LogP contribution in [-0.2, 0) is 11.8 Å². The number of halogens is 1. The number of fused-ring (bicyclic) bond motifs is 1. The first-order valence-electron chi connectivity index (χ1n) is 6.77. The monoisotopic (exact) mass is 327 g/mol.